The number of H-pyrrole nitrogens is 2. The summed E-state index contributed by atoms with van der Waals surface area (Å²) in [7, 11) is 0. The summed E-state index contributed by atoms with van der Waals surface area (Å²) in [6.45, 7) is 4.70. The van der Waals surface area contributed by atoms with E-state index in [0.29, 0.717) is 46.5 Å². The second kappa shape index (κ2) is 8.53. The quantitative estimate of drug-likeness (QED) is 0.365. The molecule has 2 aromatic carbocycles. The van der Waals surface area contributed by atoms with E-state index >= 15 is 0 Å². The number of amides is 1. The van der Waals surface area contributed by atoms with Gasteiger partial charge in [0.05, 0.1) is 22.4 Å². The summed E-state index contributed by atoms with van der Waals surface area (Å²) < 4.78 is 0. The van der Waals surface area contributed by atoms with Gasteiger partial charge in [0.2, 0.25) is 0 Å². The fraction of sp³-hybridized carbons (Fsp3) is 0.185. The Morgan fingerprint density at radius 3 is 2.58 bits per heavy atom. The maximum atomic E-state index is 13.3. The molecule has 180 valence electrons. The number of hydrogen-bond acceptors (Lipinski definition) is 6. The molecule has 4 heterocycles. The zero-order valence-electron chi connectivity index (χ0n) is 19.8. The number of piperazine rings is 1. The van der Waals surface area contributed by atoms with E-state index in [4.69, 9.17) is 5.73 Å². The molecule has 1 fully saturated rings. The van der Waals surface area contributed by atoms with Crippen LogP contribution in [-0.4, -0.2) is 56.9 Å². The number of pyridine rings is 1. The summed E-state index contributed by atoms with van der Waals surface area (Å²) >= 11 is 0. The van der Waals surface area contributed by atoms with Gasteiger partial charge >= 0.3 is 0 Å². The molecule has 0 spiro atoms. The average molecular weight is 480 g/mol. The Kier molecular flexibility index (Phi) is 5.18. The van der Waals surface area contributed by atoms with Gasteiger partial charge in [0, 0.05) is 48.8 Å². The molecule has 0 atom stereocenters. The van der Waals surface area contributed by atoms with Gasteiger partial charge in [-0.1, -0.05) is 12.1 Å². The molecule has 9 nitrogen and oxygen atoms in total. The van der Waals surface area contributed by atoms with Crippen LogP contribution in [0.1, 0.15) is 15.9 Å². The number of aromatic amines is 2. The van der Waals surface area contributed by atoms with Gasteiger partial charge in [-0.15, -0.1) is 0 Å². The molecule has 0 radical (unpaired) electrons. The zero-order chi connectivity index (χ0) is 24.8. The third kappa shape index (κ3) is 3.74. The van der Waals surface area contributed by atoms with Crippen molar-refractivity contribution < 1.29 is 4.79 Å². The molecule has 1 saturated heterocycles. The molecule has 3 aromatic heterocycles. The Hall–Kier alpha value is -4.66. The van der Waals surface area contributed by atoms with Crippen LogP contribution in [0.3, 0.4) is 0 Å². The zero-order valence-corrected chi connectivity index (χ0v) is 19.8. The standard InChI is InChI=1S/C27H25N7O2/c1-16-8-9-29-22(14-16)33-10-12-34(13-11-33)27(36)17-6-7-19-18(15-17)23(28)24(30-19)25-26(35)32-21-5-3-2-4-20(21)31-25/h2-9,14-15,30H,10-13,28H2,1H3,(H,32,35). The lowest BCUT2D eigenvalue weighted by Gasteiger charge is -2.35. The number of fused-ring (bicyclic) bond motifs is 2. The Morgan fingerprint density at radius 1 is 0.972 bits per heavy atom. The number of nitrogens with two attached hydrogens (primary N) is 1. The highest BCUT2D eigenvalue weighted by Gasteiger charge is 2.24. The van der Waals surface area contributed by atoms with Crippen molar-refractivity contribution in [1.82, 2.24) is 24.8 Å². The van der Waals surface area contributed by atoms with Crippen molar-refractivity contribution in [2.24, 2.45) is 0 Å². The van der Waals surface area contributed by atoms with Crippen LogP contribution < -0.4 is 16.2 Å². The largest absolute Gasteiger partial charge is 0.396 e. The number of aryl methyl sites for hydroxylation is 1. The molecular weight excluding hydrogens is 454 g/mol. The van der Waals surface area contributed by atoms with Crippen LogP contribution in [0, 0.1) is 6.92 Å². The predicted octanol–water partition coefficient (Wildman–Crippen LogP) is 3.32. The normalized spacial score (nSPS) is 14.0. The van der Waals surface area contributed by atoms with Crippen LogP contribution in [-0.2, 0) is 0 Å². The molecule has 5 aromatic rings. The van der Waals surface area contributed by atoms with Gasteiger partial charge in [0.1, 0.15) is 5.82 Å². The lowest BCUT2D eigenvalue weighted by Crippen LogP contribution is -2.49. The van der Waals surface area contributed by atoms with Crippen molar-refractivity contribution in [1.29, 1.82) is 0 Å². The van der Waals surface area contributed by atoms with Gasteiger partial charge in [0.15, 0.2) is 5.69 Å². The maximum Gasteiger partial charge on any atom is 0.276 e. The molecule has 1 amide bonds. The first-order valence-corrected chi connectivity index (χ1v) is 11.9. The number of carbonyl (C=O) groups excluding carboxylic acids is 1. The van der Waals surface area contributed by atoms with Crippen LogP contribution in [0.4, 0.5) is 11.5 Å². The number of aromatic nitrogens is 4. The van der Waals surface area contributed by atoms with E-state index in [1.807, 2.05) is 48.4 Å². The topological polar surface area (TPSA) is 124 Å². The first-order chi connectivity index (χ1) is 17.5. The van der Waals surface area contributed by atoms with Crippen molar-refractivity contribution in [2.45, 2.75) is 6.92 Å². The van der Waals surface area contributed by atoms with Crippen LogP contribution in [0.2, 0.25) is 0 Å². The number of nitrogen functional groups attached to an aromatic ring is 1. The Bertz CT molecular complexity index is 1680. The van der Waals surface area contributed by atoms with Gasteiger partial charge in [-0.25, -0.2) is 9.97 Å². The van der Waals surface area contributed by atoms with E-state index in [-0.39, 0.29) is 17.2 Å². The van der Waals surface area contributed by atoms with Crippen molar-refractivity contribution >= 4 is 39.3 Å². The molecule has 9 heteroatoms. The lowest BCUT2D eigenvalue weighted by atomic mass is 10.1. The third-order valence-corrected chi connectivity index (χ3v) is 6.71. The molecule has 1 aliphatic rings. The number of nitrogens with one attached hydrogen (secondary N) is 2. The summed E-state index contributed by atoms with van der Waals surface area (Å²) in [6, 6.07) is 16.8. The third-order valence-electron chi connectivity index (χ3n) is 6.71. The summed E-state index contributed by atoms with van der Waals surface area (Å²) in [6.07, 6.45) is 1.81. The monoisotopic (exact) mass is 479 g/mol. The van der Waals surface area contributed by atoms with Crippen molar-refractivity contribution in [3.05, 3.63) is 82.3 Å². The smallest absolute Gasteiger partial charge is 0.276 e. The Balaban J connectivity index is 1.27. The molecule has 4 N–H and O–H groups in total. The fourth-order valence-corrected chi connectivity index (χ4v) is 4.75. The van der Waals surface area contributed by atoms with E-state index in [1.165, 1.54) is 0 Å². The van der Waals surface area contributed by atoms with Crippen LogP contribution in [0.15, 0.2) is 65.6 Å². The minimum atomic E-state index is -0.329. The van der Waals surface area contributed by atoms with E-state index in [0.717, 1.165) is 30.0 Å². The highest BCUT2D eigenvalue weighted by Crippen LogP contribution is 2.32. The number of nitrogens with zero attached hydrogens (tertiary/aromatic N) is 4. The highest BCUT2D eigenvalue weighted by molar-refractivity contribution is 6.04. The van der Waals surface area contributed by atoms with Gasteiger partial charge in [-0.2, -0.15) is 0 Å². The van der Waals surface area contributed by atoms with Crippen LogP contribution >= 0.6 is 0 Å². The molecular formula is C27H25N7O2. The second-order valence-electron chi connectivity index (χ2n) is 9.08. The minimum Gasteiger partial charge on any atom is -0.396 e. The van der Waals surface area contributed by atoms with Crippen molar-refractivity contribution in [2.75, 3.05) is 36.8 Å². The molecule has 1 aliphatic heterocycles. The summed E-state index contributed by atoms with van der Waals surface area (Å²) in [5, 5.41) is 0.688. The van der Waals surface area contributed by atoms with E-state index in [9.17, 15) is 9.59 Å². The van der Waals surface area contributed by atoms with E-state index < -0.39 is 0 Å². The second-order valence-corrected chi connectivity index (χ2v) is 9.08. The van der Waals surface area contributed by atoms with Gasteiger partial charge in [-0.05, 0) is 55.0 Å². The molecule has 0 saturated carbocycles. The Labute approximate surface area is 206 Å². The molecule has 0 bridgehead atoms. The lowest BCUT2D eigenvalue weighted by molar-refractivity contribution is 0.0746. The first kappa shape index (κ1) is 21.8. The number of anilines is 2. The predicted molar refractivity (Wildman–Crippen MR) is 141 cm³/mol. The number of rotatable bonds is 3. The van der Waals surface area contributed by atoms with Gasteiger partial charge in [-0.3, -0.25) is 9.59 Å². The minimum absolute atomic E-state index is 0.0439. The molecule has 0 unspecified atom stereocenters. The van der Waals surface area contributed by atoms with Crippen LogP contribution in [0.5, 0.6) is 0 Å². The van der Waals surface area contributed by atoms with E-state index in [2.05, 4.69) is 30.9 Å². The number of para-hydroxylation sites is 2. The summed E-state index contributed by atoms with van der Waals surface area (Å²) in [4.78, 5) is 45.1. The van der Waals surface area contributed by atoms with Crippen LogP contribution in [0.25, 0.3) is 33.3 Å². The fourth-order valence-electron chi connectivity index (χ4n) is 4.75. The number of benzene rings is 2. The van der Waals surface area contributed by atoms with Gasteiger partial charge in [0.25, 0.3) is 11.5 Å². The average Bonchev–Trinajstić information content (AvgIpc) is 3.23. The summed E-state index contributed by atoms with van der Waals surface area (Å²) in [5.74, 6) is 0.894. The van der Waals surface area contributed by atoms with Crippen molar-refractivity contribution in [3.63, 3.8) is 0 Å². The maximum absolute atomic E-state index is 13.3. The first-order valence-electron chi connectivity index (χ1n) is 11.9. The van der Waals surface area contributed by atoms with Gasteiger partial charge < -0.3 is 25.5 Å². The molecule has 0 aliphatic carbocycles. The number of carbonyl (C=O) groups is 1. The highest BCUT2D eigenvalue weighted by atomic mass is 16.2. The van der Waals surface area contributed by atoms with Crippen molar-refractivity contribution in [3.8, 4) is 11.4 Å². The SMILES string of the molecule is Cc1ccnc(N2CCN(C(=O)c3ccc4[nH]c(-c5nc6ccccc6[nH]c5=O)c(N)c4c3)CC2)c1. The molecule has 36 heavy (non-hydrogen) atoms. The van der Waals surface area contributed by atoms with E-state index in [1.54, 1.807) is 18.2 Å². The number of hydrogen-bond donors (Lipinski definition) is 3. The summed E-state index contributed by atoms with van der Waals surface area (Å²) in [5.41, 5.74) is 11.0. The molecule has 6 rings (SSSR count). The Morgan fingerprint density at radius 2 is 1.78 bits per heavy atom.